The van der Waals surface area contributed by atoms with Crippen LogP contribution in [0.25, 0.3) is 0 Å². The lowest BCUT2D eigenvalue weighted by molar-refractivity contribution is 0.192. The molecule has 13 heavy (non-hydrogen) atoms. The van der Waals surface area contributed by atoms with Crippen LogP contribution in [0.4, 0.5) is 4.39 Å². The highest BCUT2D eigenvalue weighted by atomic mass is 35.5. The van der Waals surface area contributed by atoms with E-state index in [1.54, 1.807) is 6.92 Å². The van der Waals surface area contributed by atoms with Crippen molar-refractivity contribution in [3.63, 3.8) is 0 Å². The third-order valence-corrected chi connectivity index (χ3v) is 2.27. The number of hydrogen-bond donors (Lipinski definition) is 1. The van der Waals surface area contributed by atoms with Gasteiger partial charge < -0.3 is 5.11 Å². The van der Waals surface area contributed by atoms with Gasteiger partial charge in [-0.1, -0.05) is 6.07 Å². The lowest BCUT2D eigenvalue weighted by Crippen LogP contribution is -2.07. The number of rotatable bonds is 2. The van der Waals surface area contributed by atoms with E-state index in [1.165, 1.54) is 18.2 Å². The molecule has 4 heteroatoms. The average Bonchev–Trinajstić information content (AvgIpc) is 2.03. The molecule has 0 aliphatic heterocycles. The van der Waals surface area contributed by atoms with Gasteiger partial charge in [0.1, 0.15) is 16.8 Å². The molecule has 0 bridgehead atoms. The van der Waals surface area contributed by atoms with Gasteiger partial charge >= 0.3 is 0 Å². The first-order valence-electron chi connectivity index (χ1n) is 3.74. The van der Waals surface area contributed by atoms with E-state index in [0.717, 1.165) is 0 Å². The Morgan fingerprint density at radius 3 is 2.46 bits per heavy atom. The molecule has 0 saturated heterocycles. The van der Waals surface area contributed by atoms with Crippen LogP contribution in [0.15, 0.2) is 18.2 Å². The Morgan fingerprint density at radius 2 is 2.00 bits per heavy atom. The van der Waals surface area contributed by atoms with E-state index in [2.05, 4.69) is 0 Å². The molecule has 0 aliphatic rings. The highest BCUT2D eigenvalue weighted by Crippen LogP contribution is 2.26. The summed E-state index contributed by atoms with van der Waals surface area (Å²) in [6.07, 6.45) is -0.969. The van der Waals surface area contributed by atoms with Gasteiger partial charge in [0, 0.05) is 0 Å². The second-order valence-electron chi connectivity index (χ2n) is 2.78. The highest BCUT2D eigenvalue weighted by molar-refractivity contribution is 6.44. The molecule has 0 aromatic heterocycles. The van der Waals surface area contributed by atoms with E-state index in [4.69, 9.17) is 23.2 Å². The van der Waals surface area contributed by atoms with Crippen LogP contribution >= 0.6 is 23.2 Å². The smallest absolute Gasteiger partial charge is 0.137 e. The van der Waals surface area contributed by atoms with Crippen LogP contribution in [-0.2, 0) is 0 Å². The van der Waals surface area contributed by atoms with Crippen LogP contribution in [0.5, 0.6) is 0 Å². The van der Waals surface area contributed by atoms with Crippen LogP contribution < -0.4 is 0 Å². The number of halogens is 3. The zero-order valence-electron chi connectivity index (χ0n) is 6.97. The Bertz CT molecular complexity index is 302. The van der Waals surface area contributed by atoms with Crippen molar-refractivity contribution < 1.29 is 9.50 Å². The highest BCUT2D eigenvalue weighted by Gasteiger charge is 2.17. The Hall–Kier alpha value is -0.310. The topological polar surface area (TPSA) is 20.2 Å². The predicted octanol–water partition coefficient (Wildman–Crippen LogP) is 2.97. The molecule has 1 rings (SSSR count). The van der Waals surface area contributed by atoms with Gasteiger partial charge in [-0.25, -0.2) is 4.39 Å². The summed E-state index contributed by atoms with van der Waals surface area (Å²) in [7, 11) is 0. The minimum Gasteiger partial charge on any atom is -0.386 e. The second kappa shape index (κ2) is 4.27. The molecule has 0 fully saturated rings. The van der Waals surface area contributed by atoms with Gasteiger partial charge in [0.25, 0.3) is 0 Å². The summed E-state index contributed by atoms with van der Waals surface area (Å²) in [5.74, 6) is -0.339. The van der Waals surface area contributed by atoms with Crippen LogP contribution in [-0.4, -0.2) is 9.94 Å². The first-order valence-corrected chi connectivity index (χ1v) is 4.62. The van der Waals surface area contributed by atoms with Gasteiger partial charge in [-0.05, 0) is 30.2 Å². The first-order chi connectivity index (χ1) is 6.02. The fourth-order valence-electron chi connectivity index (χ4n) is 1.11. The van der Waals surface area contributed by atoms with E-state index < -0.39 is 10.9 Å². The van der Waals surface area contributed by atoms with E-state index >= 15 is 0 Å². The van der Waals surface area contributed by atoms with Crippen molar-refractivity contribution in [1.82, 2.24) is 0 Å². The SMILES string of the molecule is Cc1cc(F)ccc1C(O)C(Cl)Cl. The molecule has 0 spiro atoms. The van der Waals surface area contributed by atoms with E-state index in [0.29, 0.717) is 11.1 Å². The van der Waals surface area contributed by atoms with Gasteiger partial charge in [-0.3, -0.25) is 0 Å². The molecule has 0 heterocycles. The van der Waals surface area contributed by atoms with Crippen LogP contribution in [0, 0.1) is 12.7 Å². The molecule has 72 valence electrons. The van der Waals surface area contributed by atoms with E-state index in [-0.39, 0.29) is 5.82 Å². The van der Waals surface area contributed by atoms with Crippen molar-refractivity contribution in [2.75, 3.05) is 0 Å². The quantitative estimate of drug-likeness (QED) is 0.764. The Balaban J connectivity index is 3.01. The summed E-state index contributed by atoms with van der Waals surface area (Å²) < 4.78 is 12.7. The zero-order chi connectivity index (χ0) is 10.0. The summed E-state index contributed by atoms with van der Waals surface area (Å²) in [5.41, 5.74) is 1.19. The third-order valence-electron chi connectivity index (χ3n) is 1.79. The number of alkyl halides is 2. The standard InChI is InChI=1S/C9H9Cl2FO/c1-5-4-6(12)2-3-7(5)8(13)9(10)11/h2-4,8-9,13H,1H3. The number of aliphatic hydroxyl groups excluding tert-OH is 1. The lowest BCUT2D eigenvalue weighted by atomic mass is 10.0. The molecule has 0 amide bonds. The molecule has 1 aromatic rings. The number of aryl methyl sites for hydroxylation is 1. The Labute approximate surface area is 86.1 Å². The van der Waals surface area contributed by atoms with Crippen molar-refractivity contribution in [2.24, 2.45) is 0 Å². The van der Waals surface area contributed by atoms with Crippen molar-refractivity contribution in [2.45, 2.75) is 17.9 Å². The molecular formula is C9H9Cl2FO. The van der Waals surface area contributed by atoms with Crippen LogP contribution in [0.3, 0.4) is 0 Å². The lowest BCUT2D eigenvalue weighted by Gasteiger charge is -2.13. The summed E-state index contributed by atoms with van der Waals surface area (Å²) in [4.78, 5) is -0.899. The molecular weight excluding hydrogens is 214 g/mol. The summed E-state index contributed by atoms with van der Waals surface area (Å²) >= 11 is 11.0. The molecule has 1 unspecified atom stereocenters. The maximum Gasteiger partial charge on any atom is 0.137 e. The maximum atomic E-state index is 12.7. The van der Waals surface area contributed by atoms with Crippen molar-refractivity contribution in [3.05, 3.63) is 35.1 Å². The number of benzene rings is 1. The van der Waals surface area contributed by atoms with Crippen molar-refractivity contribution >= 4 is 23.2 Å². The molecule has 1 aromatic carbocycles. The monoisotopic (exact) mass is 222 g/mol. The minimum absolute atomic E-state index is 0.339. The first kappa shape index (κ1) is 10.8. The Morgan fingerprint density at radius 1 is 1.38 bits per heavy atom. The van der Waals surface area contributed by atoms with Crippen LogP contribution in [0.1, 0.15) is 17.2 Å². The Kier molecular flexibility index (Phi) is 3.54. The minimum atomic E-state index is -0.969. The van der Waals surface area contributed by atoms with E-state index in [1.807, 2.05) is 0 Å². The van der Waals surface area contributed by atoms with Crippen molar-refractivity contribution in [1.29, 1.82) is 0 Å². The molecule has 1 N–H and O–H groups in total. The van der Waals surface area contributed by atoms with E-state index in [9.17, 15) is 9.50 Å². The molecule has 1 atom stereocenters. The van der Waals surface area contributed by atoms with Gasteiger partial charge in [0.05, 0.1) is 0 Å². The number of hydrogen-bond acceptors (Lipinski definition) is 1. The van der Waals surface area contributed by atoms with Gasteiger partial charge in [-0.2, -0.15) is 0 Å². The normalized spacial score (nSPS) is 13.4. The molecule has 0 aliphatic carbocycles. The fraction of sp³-hybridized carbons (Fsp3) is 0.333. The van der Waals surface area contributed by atoms with Gasteiger partial charge in [-0.15, -0.1) is 23.2 Å². The summed E-state index contributed by atoms with van der Waals surface area (Å²) in [6, 6.07) is 4.07. The van der Waals surface area contributed by atoms with Gasteiger partial charge in [0.15, 0.2) is 0 Å². The summed E-state index contributed by atoms with van der Waals surface area (Å²) in [5, 5.41) is 9.48. The van der Waals surface area contributed by atoms with Crippen molar-refractivity contribution in [3.8, 4) is 0 Å². The van der Waals surface area contributed by atoms with Gasteiger partial charge in [0.2, 0.25) is 0 Å². The maximum absolute atomic E-state index is 12.7. The average molecular weight is 223 g/mol. The zero-order valence-corrected chi connectivity index (χ0v) is 8.48. The van der Waals surface area contributed by atoms with Crippen LogP contribution in [0.2, 0.25) is 0 Å². The fourth-order valence-corrected chi connectivity index (χ4v) is 1.38. The predicted molar refractivity (Wildman–Crippen MR) is 51.6 cm³/mol. The molecule has 0 radical (unpaired) electrons. The third kappa shape index (κ3) is 2.56. The number of aliphatic hydroxyl groups is 1. The summed E-state index contributed by atoms with van der Waals surface area (Å²) in [6.45, 7) is 1.69. The second-order valence-corrected chi connectivity index (χ2v) is 3.94. The largest absolute Gasteiger partial charge is 0.386 e. The molecule has 1 nitrogen and oxygen atoms in total. The molecule has 0 saturated carbocycles.